The topological polar surface area (TPSA) is 24.9 Å². The number of hydrogen-bond acceptors (Lipinski definition) is 2. The molecule has 0 atom stereocenters. The van der Waals surface area contributed by atoms with E-state index in [1.807, 2.05) is 26.1 Å². The molecule has 2 aromatic rings. The van der Waals surface area contributed by atoms with Gasteiger partial charge in [-0.1, -0.05) is 27.5 Å². The Morgan fingerprint density at radius 1 is 1.40 bits per heavy atom. The predicted molar refractivity (Wildman–Crippen MR) is 68.7 cm³/mol. The largest absolute Gasteiger partial charge is 0.373 e. The second-order valence-corrected chi connectivity index (χ2v) is 4.59. The molecule has 0 saturated carbocycles. The lowest BCUT2D eigenvalue weighted by molar-refractivity contribution is 1.29. The first kappa shape index (κ1) is 10.7. The Labute approximate surface area is 102 Å². The van der Waals surface area contributed by atoms with E-state index in [1.54, 1.807) is 0 Å². The minimum Gasteiger partial charge on any atom is -0.373 e. The lowest BCUT2D eigenvalue weighted by atomic mass is 10.1. The van der Waals surface area contributed by atoms with Crippen molar-refractivity contribution in [2.45, 2.75) is 6.92 Å². The summed E-state index contributed by atoms with van der Waals surface area (Å²) in [5.74, 6) is 0.863. The second kappa shape index (κ2) is 3.99. The van der Waals surface area contributed by atoms with Gasteiger partial charge in [0.1, 0.15) is 5.82 Å². The third-order valence-electron chi connectivity index (χ3n) is 2.31. The summed E-state index contributed by atoms with van der Waals surface area (Å²) in [6, 6.07) is 5.85. The lowest BCUT2D eigenvalue weighted by Crippen LogP contribution is -1.96. The molecule has 2 rings (SSSR count). The molecule has 1 heterocycles. The van der Waals surface area contributed by atoms with Gasteiger partial charge in [-0.25, -0.2) is 4.98 Å². The molecule has 0 fully saturated rings. The SMILES string of the molecule is CNc1nc2c(Cl)ccc(Br)c2cc1C. The Balaban J connectivity index is 2.86. The summed E-state index contributed by atoms with van der Waals surface area (Å²) in [7, 11) is 1.85. The molecule has 0 aliphatic carbocycles. The van der Waals surface area contributed by atoms with E-state index in [9.17, 15) is 0 Å². The Morgan fingerprint density at radius 2 is 2.13 bits per heavy atom. The van der Waals surface area contributed by atoms with E-state index in [4.69, 9.17) is 11.6 Å². The minimum absolute atomic E-state index is 0.671. The third kappa shape index (κ3) is 1.82. The number of nitrogens with zero attached hydrogens (tertiary/aromatic N) is 1. The Bertz CT molecular complexity index is 525. The summed E-state index contributed by atoms with van der Waals surface area (Å²) < 4.78 is 1.01. The van der Waals surface area contributed by atoms with Gasteiger partial charge in [0.15, 0.2) is 0 Å². The van der Waals surface area contributed by atoms with Crippen molar-refractivity contribution in [3.63, 3.8) is 0 Å². The van der Waals surface area contributed by atoms with Crippen LogP contribution in [-0.4, -0.2) is 12.0 Å². The highest BCUT2D eigenvalue weighted by molar-refractivity contribution is 9.10. The molecule has 4 heteroatoms. The molecular formula is C11H10BrClN2. The van der Waals surface area contributed by atoms with Crippen molar-refractivity contribution in [3.8, 4) is 0 Å². The van der Waals surface area contributed by atoms with Gasteiger partial charge in [0, 0.05) is 16.9 Å². The van der Waals surface area contributed by atoms with Gasteiger partial charge in [0.25, 0.3) is 0 Å². The smallest absolute Gasteiger partial charge is 0.129 e. The zero-order valence-electron chi connectivity index (χ0n) is 8.44. The van der Waals surface area contributed by atoms with Crippen LogP contribution in [0.25, 0.3) is 10.9 Å². The van der Waals surface area contributed by atoms with Crippen LogP contribution in [0.3, 0.4) is 0 Å². The molecule has 78 valence electrons. The number of aromatic nitrogens is 1. The number of hydrogen-bond donors (Lipinski definition) is 1. The number of halogens is 2. The van der Waals surface area contributed by atoms with Crippen molar-refractivity contribution < 1.29 is 0 Å². The fraction of sp³-hybridized carbons (Fsp3) is 0.182. The van der Waals surface area contributed by atoms with Gasteiger partial charge in [0.05, 0.1) is 10.5 Å². The van der Waals surface area contributed by atoms with Crippen LogP contribution in [0.2, 0.25) is 5.02 Å². The van der Waals surface area contributed by atoms with Crippen LogP contribution >= 0.6 is 27.5 Å². The average molecular weight is 286 g/mol. The molecule has 1 aromatic heterocycles. The first-order valence-electron chi connectivity index (χ1n) is 4.56. The van der Waals surface area contributed by atoms with Crippen molar-refractivity contribution in [3.05, 3.63) is 33.3 Å². The van der Waals surface area contributed by atoms with Crippen molar-refractivity contribution >= 4 is 44.3 Å². The molecular weight excluding hydrogens is 275 g/mol. The molecule has 2 nitrogen and oxygen atoms in total. The summed E-state index contributed by atoms with van der Waals surface area (Å²) in [5, 5.41) is 4.76. The molecule has 15 heavy (non-hydrogen) atoms. The zero-order chi connectivity index (χ0) is 11.0. The Kier molecular flexibility index (Phi) is 2.85. The molecule has 0 radical (unpaired) electrons. The first-order valence-corrected chi connectivity index (χ1v) is 5.73. The van der Waals surface area contributed by atoms with Gasteiger partial charge in [-0.05, 0) is 30.7 Å². The van der Waals surface area contributed by atoms with Gasteiger partial charge >= 0.3 is 0 Å². The van der Waals surface area contributed by atoms with Crippen LogP contribution < -0.4 is 5.32 Å². The Morgan fingerprint density at radius 3 is 2.80 bits per heavy atom. The van der Waals surface area contributed by atoms with Crippen LogP contribution in [0.1, 0.15) is 5.56 Å². The molecule has 0 aliphatic heterocycles. The molecule has 0 unspecified atom stereocenters. The highest BCUT2D eigenvalue weighted by Crippen LogP contribution is 2.31. The molecule has 0 bridgehead atoms. The lowest BCUT2D eigenvalue weighted by Gasteiger charge is -2.08. The van der Waals surface area contributed by atoms with E-state index in [2.05, 4.69) is 32.3 Å². The fourth-order valence-corrected chi connectivity index (χ4v) is 2.19. The van der Waals surface area contributed by atoms with E-state index < -0.39 is 0 Å². The minimum atomic E-state index is 0.671. The maximum absolute atomic E-state index is 6.10. The zero-order valence-corrected chi connectivity index (χ0v) is 10.8. The average Bonchev–Trinajstić information content (AvgIpc) is 2.23. The summed E-state index contributed by atoms with van der Waals surface area (Å²) >= 11 is 9.59. The van der Waals surface area contributed by atoms with Crippen LogP contribution in [0.15, 0.2) is 22.7 Å². The van der Waals surface area contributed by atoms with Crippen LogP contribution in [0.4, 0.5) is 5.82 Å². The maximum Gasteiger partial charge on any atom is 0.129 e. The number of pyridine rings is 1. The van der Waals surface area contributed by atoms with Gasteiger partial charge in [-0.15, -0.1) is 0 Å². The Hall–Kier alpha value is -0.800. The number of anilines is 1. The van der Waals surface area contributed by atoms with E-state index in [0.29, 0.717) is 5.02 Å². The van der Waals surface area contributed by atoms with Gasteiger partial charge < -0.3 is 5.32 Å². The van der Waals surface area contributed by atoms with Crippen molar-refractivity contribution in [1.82, 2.24) is 4.98 Å². The highest BCUT2D eigenvalue weighted by atomic mass is 79.9. The second-order valence-electron chi connectivity index (χ2n) is 3.33. The van der Waals surface area contributed by atoms with Crippen LogP contribution in [0.5, 0.6) is 0 Å². The maximum atomic E-state index is 6.10. The highest BCUT2D eigenvalue weighted by Gasteiger charge is 2.07. The number of aryl methyl sites for hydroxylation is 1. The number of fused-ring (bicyclic) bond motifs is 1. The fourth-order valence-electron chi connectivity index (χ4n) is 1.55. The molecule has 0 amide bonds. The quantitative estimate of drug-likeness (QED) is 0.856. The molecule has 0 spiro atoms. The third-order valence-corrected chi connectivity index (χ3v) is 3.31. The first-order chi connectivity index (χ1) is 7.13. The van der Waals surface area contributed by atoms with Crippen molar-refractivity contribution in [2.24, 2.45) is 0 Å². The van der Waals surface area contributed by atoms with Crippen LogP contribution in [-0.2, 0) is 0 Å². The van der Waals surface area contributed by atoms with E-state index >= 15 is 0 Å². The van der Waals surface area contributed by atoms with E-state index in [1.165, 1.54) is 0 Å². The van der Waals surface area contributed by atoms with Gasteiger partial charge in [-0.2, -0.15) is 0 Å². The van der Waals surface area contributed by atoms with Crippen LogP contribution in [0, 0.1) is 6.92 Å². The van der Waals surface area contributed by atoms with E-state index in [-0.39, 0.29) is 0 Å². The van der Waals surface area contributed by atoms with Gasteiger partial charge in [-0.3, -0.25) is 0 Å². The summed E-state index contributed by atoms with van der Waals surface area (Å²) in [4.78, 5) is 4.48. The molecule has 0 aliphatic rings. The van der Waals surface area contributed by atoms with Crippen molar-refractivity contribution in [2.75, 3.05) is 12.4 Å². The monoisotopic (exact) mass is 284 g/mol. The van der Waals surface area contributed by atoms with E-state index in [0.717, 1.165) is 26.8 Å². The number of nitrogens with one attached hydrogen (secondary N) is 1. The number of benzene rings is 1. The summed E-state index contributed by atoms with van der Waals surface area (Å²) in [5.41, 5.74) is 1.92. The summed E-state index contributed by atoms with van der Waals surface area (Å²) in [6.07, 6.45) is 0. The standard InChI is InChI=1S/C11H10BrClN2/c1-6-5-7-8(12)3-4-9(13)10(7)15-11(6)14-2/h3-5H,1-2H3,(H,14,15). The predicted octanol–water partition coefficient (Wildman–Crippen LogP) is 4.00. The molecule has 1 aromatic carbocycles. The van der Waals surface area contributed by atoms with Crippen molar-refractivity contribution in [1.29, 1.82) is 0 Å². The normalized spacial score (nSPS) is 10.7. The van der Waals surface area contributed by atoms with Gasteiger partial charge in [0.2, 0.25) is 0 Å². The number of rotatable bonds is 1. The molecule has 0 saturated heterocycles. The summed E-state index contributed by atoms with van der Waals surface area (Å²) in [6.45, 7) is 2.02. The molecule has 1 N–H and O–H groups in total.